The largest absolute Gasteiger partial charge is 0.250 e. The summed E-state index contributed by atoms with van der Waals surface area (Å²) in [5.41, 5.74) is 0. The van der Waals surface area contributed by atoms with Gasteiger partial charge in [-0.1, -0.05) is 11.8 Å². The molecular weight excluding hydrogens is 206 g/mol. The monoisotopic (exact) mass is 213 g/mol. The molecule has 2 aromatic rings. The molecular formula is C6H7N5S2. The highest BCUT2D eigenvalue weighted by Gasteiger charge is 2.02. The van der Waals surface area contributed by atoms with Crippen molar-refractivity contribution in [3.05, 3.63) is 16.1 Å². The first-order valence-corrected chi connectivity index (χ1v) is 5.42. The molecule has 13 heavy (non-hydrogen) atoms. The average molecular weight is 213 g/mol. The van der Waals surface area contributed by atoms with E-state index in [2.05, 4.69) is 25.6 Å². The molecule has 0 atom stereocenters. The number of tetrazole rings is 1. The lowest BCUT2D eigenvalue weighted by molar-refractivity contribution is 0.881. The quantitative estimate of drug-likeness (QED) is 0.777. The van der Waals surface area contributed by atoms with E-state index < -0.39 is 0 Å². The van der Waals surface area contributed by atoms with Crippen LogP contribution >= 0.6 is 23.1 Å². The van der Waals surface area contributed by atoms with Crippen LogP contribution in [0.1, 0.15) is 9.88 Å². The summed E-state index contributed by atoms with van der Waals surface area (Å²) in [6.07, 6.45) is 1.88. The van der Waals surface area contributed by atoms with E-state index in [0.29, 0.717) is 5.16 Å². The summed E-state index contributed by atoms with van der Waals surface area (Å²) >= 11 is 3.24. The number of aryl methyl sites for hydroxylation is 1. The molecule has 0 aliphatic carbocycles. The zero-order valence-electron chi connectivity index (χ0n) is 6.89. The van der Waals surface area contributed by atoms with Gasteiger partial charge in [0.2, 0.25) is 5.16 Å². The van der Waals surface area contributed by atoms with Crippen molar-refractivity contribution in [2.75, 3.05) is 0 Å². The maximum absolute atomic E-state index is 4.16. The molecule has 0 aromatic carbocycles. The summed E-state index contributed by atoms with van der Waals surface area (Å²) < 4.78 is 0. The van der Waals surface area contributed by atoms with Gasteiger partial charge in [-0.3, -0.25) is 0 Å². The molecule has 0 aliphatic rings. The summed E-state index contributed by atoms with van der Waals surface area (Å²) in [5, 5.41) is 15.3. The molecule has 0 fully saturated rings. The predicted molar refractivity (Wildman–Crippen MR) is 50.6 cm³/mol. The molecule has 0 radical (unpaired) electrons. The predicted octanol–water partition coefficient (Wildman–Crippen LogP) is 1.26. The van der Waals surface area contributed by atoms with Crippen LogP contribution in [0.2, 0.25) is 0 Å². The number of thiazole rings is 1. The minimum atomic E-state index is 0.672. The topological polar surface area (TPSA) is 67.3 Å². The van der Waals surface area contributed by atoms with E-state index in [1.54, 1.807) is 23.1 Å². The Bertz CT molecular complexity index is 368. The molecule has 1 N–H and O–H groups in total. The van der Waals surface area contributed by atoms with E-state index in [1.807, 2.05) is 13.1 Å². The molecule has 68 valence electrons. The summed E-state index contributed by atoms with van der Waals surface area (Å²) in [6, 6.07) is 0. The van der Waals surface area contributed by atoms with E-state index in [4.69, 9.17) is 0 Å². The maximum Gasteiger partial charge on any atom is 0.231 e. The molecule has 5 nitrogen and oxygen atoms in total. The Morgan fingerprint density at radius 1 is 1.62 bits per heavy atom. The fourth-order valence-corrected chi connectivity index (χ4v) is 2.37. The third-order valence-electron chi connectivity index (χ3n) is 1.34. The van der Waals surface area contributed by atoms with Crippen molar-refractivity contribution >= 4 is 23.1 Å². The number of thioether (sulfide) groups is 1. The Morgan fingerprint density at radius 2 is 2.54 bits per heavy atom. The molecule has 0 saturated heterocycles. The number of aromatic amines is 1. The van der Waals surface area contributed by atoms with Crippen LogP contribution in [-0.2, 0) is 5.75 Å². The number of H-pyrrole nitrogens is 1. The highest BCUT2D eigenvalue weighted by molar-refractivity contribution is 7.98. The second kappa shape index (κ2) is 3.84. The van der Waals surface area contributed by atoms with Crippen LogP contribution in [0.5, 0.6) is 0 Å². The van der Waals surface area contributed by atoms with Gasteiger partial charge in [-0.2, -0.15) is 5.21 Å². The SMILES string of the molecule is Cc1ncc(CSc2nn[nH]n2)s1. The Labute approximate surface area is 83.0 Å². The lowest BCUT2D eigenvalue weighted by atomic mass is 10.6. The summed E-state index contributed by atoms with van der Waals surface area (Å²) in [5.74, 6) is 0.852. The molecule has 0 spiro atoms. The number of nitrogens with one attached hydrogen (secondary N) is 1. The number of aromatic nitrogens is 5. The molecule has 0 unspecified atom stereocenters. The van der Waals surface area contributed by atoms with Gasteiger partial charge in [0.05, 0.1) is 5.01 Å². The van der Waals surface area contributed by atoms with Crippen molar-refractivity contribution in [1.82, 2.24) is 25.6 Å². The first-order chi connectivity index (χ1) is 6.34. The highest BCUT2D eigenvalue weighted by atomic mass is 32.2. The molecule has 0 amide bonds. The number of rotatable bonds is 3. The van der Waals surface area contributed by atoms with Crippen molar-refractivity contribution in [1.29, 1.82) is 0 Å². The van der Waals surface area contributed by atoms with Crippen molar-refractivity contribution < 1.29 is 0 Å². The van der Waals surface area contributed by atoms with Crippen molar-refractivity contribution in [2.24, 2.45) is 0 Å². The normalized spacial score (nSPS) is 10.5. The number of hydrogen-bond acceptors (Lipinski definition) is 6. The summed E-state index contributed by atoms with van der Waals surface area (Å²) in [6.45, 7) is 1.99. The molecule has 2 rings (SSSR count). The zero-order valence-corrected chi connectivity index (χ0v) is 8.52. The molecule has 7 heteroatoms. The molecule has 0 aliphatic heterocycles. The van der Waals surface area contributed by atoms with Crippen LogP contribution in [-0.4, -0.2) is 25.6 Å². The van der Waals surface area contributed by atoms with Gasteiger partial charge < -0.3 is 0 Å². The first-order valence-electron chi connectivity index (χ1n) is 3.62. The molecule has 2 aromatic heterocycles. The van der Waals surface area contributed by atoms with E-state index in [0.717, 1.165) is 10.8 Å². The lowest BCUT2D eigenvalue weighted by Crippen LogP contribution is -1.77. The molecule has 2 heterocycles. The van der Waals surface area contributed by atoms with Crippen LogP contribution in [0.4, 0.5) is 0 Å². The minimum absolute atomic E-state index is 0.672. The van der Waals surface area contributed by atoms with Crippen LogP contribution in [0, 0.1) is 6.92 Å². The van der Waals surface area contributed by atoms with Gasteiger partial charge in [0.15, 0.2) is 0 Å². The van der Waals surface area contributed by atoms with Crippen LogP contribution in [0.3, 0.4) is 0 Å². The second-order valence-electron chi connectivity index (χ2n) is 2.33. The Morgan fingerprint density at radius 3 is 3.15 bits per heavy atom. The highest BCUT2D eigenvalue weighted by Crippen LogP contribution is 2.21. The third kappa shape index (κ3) is 2.25. The fraction of sp³-hybridized carbons (Fsp3) is 0.333. The van der Waals surface area contributed by atoms with E-state index in [1.165, 1.54) is 4.88 Å². The third-order valence-corrected chi connectivity index (χ3v) is 3.32. The van der Waals surface area contributed by atoms with Crippen molar-refractivity contribution in [2.45, 2.75) is 17.8 Å². The Balaban J connectivity index is 1.93. The van der Waals surface area contributed by atoms with Crippen molar-refractivity contribution in [3.63, 3.8) is 0 Å². The second-order valence-corrected chi connectivity index (χ2v) is 4.59. The van der Waals surface area contributed by atoms with Crippen LogP contribution in [0.15, 0.2) is 11.4 Å². The van der Waals surface area contributed by atoms with Gasteiger partial charge in [-0.05, 0) is 12.1 Å². The minimum Gasteiger partial charge on any atom is -0.250 e. The van der Waals surface area contributed by atoms with Crippen LogP contribution < -0.4 is 0 Å². The van der Waals surface area contributed by atoms with Gasteiger partial charge in [-0.25, -0.2) is 4.98 Å². The van der Waals surface area contributed by atoms with Gasteiger partial charge >= 0.3 is 0 Å². The van der Waals surface area contributed by atoms with Gasteiger partial charge in [0.25, 0.3) is 0 Å². The molecule has 0 saturated carbocycles. The van der Waals surface area contributed by atoms with E-state index in [9.17, 15) is 0 Å². The first kappa shape index (κ1) is 8.64. The lowest BCUT2D eigenvalue weighted by Gasteiger charge is -1.89. The Kier molecular flexibility index (Phi) is 2.55. The smallest absolute Gasteiger partial charge is 0.231 e. The van der Waals surface area contributed by atoms with Crippen molar-refractivity contribution in [3.8, 4) is 0 Å². The summed E-state index contributed by atoms with van der Waals surface area (Å²) in [4.78, 5) is 5.39. The van der Waals surface area contributed by atoms with Gasteiger partial charge in [-0.15, -0.1) is 21.5 Å². The average Bonchev–Trinajstić information content (AvgIpc) is 2.71. The standard InChI is InChI=1S/C6H7N5S2/c1-4-7-2-5(13-4)3-12-6-8-10-11-9-6/h2H,3H2,1H3,(H,8,9,10,11). The van der Waals surface area contributed by atoms with E-state index >= 15 is 0 Å². The van der Waals surface area contributed by atoms with E-state index in [-0.39, 0.29) is 0 Å². The number of hydrogen-bond donors (Lipinski definition) is 1. The fourth-order valence-electron chi connectivity index (χ4n) is 0.822. The van der Waals surface area contributed by atoms with Gasteiger partial charge in [0, 0.05) is 16.8 Å². The van der Waals surface area contributed by atoms with Gasteiger partial charge in [0.1, 0.15) is 0 Å². The summed E-state index contributed by atoms with van der Waals surface area (Å²) in [7, 11) is 0. The maximum atomic E-state index is 4.16. The number of nitrogens with zero attached hydrogens (tertiary/aromatic N) is 4. The molecule has 0 bridgehead atoms. The Hall–Kier alpha value is -0.950. The zero-order chi connectivity index (χ0) is 9.10. The van der Waals surface area contributed by atoms with Crippen LogP contribution in [0.25, 0.3) is 0 Å².